The number of nitriles is 1. The van der Waals surface area contributed by atoms with Crippen LogP contribution in [-0.4, -0.2) is 28.6 Å². The van der Waals surface area contributed by atoms with Gasteiger partial charge in [0, 0.05) is 23.5 Å². The summed E-state index contributed by atoms with van der Waals surface area (Å²) in [6.45, 7) is 9.03. The minimum atomic E-state index is -0.986. The van der Waals surface area contributed by atoms with Crippen molar-refractivity contribution >= 4 is 18.0 Å². The smallest absolute Gasteiger partial charge is 0.331 e. The summed E-state index contributed by atoms with van der Waals surface area (Å²) < 4.78 is 7.28. The zero-order valence-electron chi connectivity index (χ0n) is 16.1. The Morgan fingerprint density at radius 1 is 1.46 bits per heavy atom. The molecule has 1 atom stereocenters. The monoisotopic (exact) mass is 357 g/mol. The lowest BCUT2D eigenvalue weighted by Crippen LogP contribution is -2.50. The number of nitrogens with zero attached hydrogens (tertiary/aromatic N) is 2. The number of amides is 1. The molecule has 1 aromatic rings. The maximum atomic E-state index is 11.9. The van der Waals surface area contributed by atoms with Crippen molar-refractivity contribution in [3.8, 4) is 6.07 Å². The highest BCUT2D eigenvalue weighted by molar-refractivity contribution is 5.89. The summed E-state index contributed by atoms with van der Waals surface area (Å²) in [5.41, 5.74) is 2.31. The number of rotatable bonds is 7. The molecule has 1 heterocycles. The molecule has 1 N–H and O–H groups in total. The molecule has 1 fully saturated rings. The van der Waals surface area contributed by atoms with Gasteiger partial charge in [-0.05, 0) is 57.2 Å². The highest BCUT2D eigenvalue weighted by atomic mass is 16.5. The summed E-state index contributed by atoms with van der Waals surface area (Å²) in [5.74, 6) is -1.13. The van der Waals surface area contributed by atoms with Crippen LogP contribution >= 0.6 is 0 Å². The highest BCUT2D eigenvalue weighted by Crippen LogP contribution is 2.38. The third-order valence-electron chi connectivity index (χ3n) is 4.97. The average Bonchev–Trinajstić information content (AvgIpc) is 3.36. The fourth-order valence-corrected chi connectivity index (χ4v) is 2.84. The Kier molecular flexibility index (Phi) is 5.91. The van der Waals surface area contributed by atoms with Crippen LogP contribution < -0.4 is 5.32 Å². The number of aromatic nitrogens is 1. The Labute approximate surface area is 154 Å². The maximum Gasteiger partial charge on any atom is 0.331 e. The van der Waals surface area contributed by atoms with E-state index >= 15 is 0 Å². The molecule has 0 unspecified atom stereocenters. The molecule has 26 heavy (non-hydrogen) atoms. The molecular weight excluding hydrogens is 330 g/mol. The second-order valence-electron chi connectivity index (χ2n) is 7.39. The molecule has 0 spiro atoms. The topological polar surface area (TPSA) is 84.1 Å². The van der Waals surface area contributed by atoms with E-state index in [0.717, 1.165) is 11.3 Å². The van der Waals surface area contributed by atoms with E-state index in [2.05, 4.69) is 22.9 Å². The second kappa shape index (κ2) is 7.77. The van der Waals surface area contributed by atoms with E-state index in [0.29, 0.717) is 6.04 Å². The van der Waals surface area contributed by atoms with E-state index in [1.54, 1.807) is 13.0 Å². The quantitative estimate of drug-likeness (QED) is 0.600. The van der Waals surface area contributed by atoms with Crippen LogP contribution in [0.4, 0.5) is 0 Å². The first-order valence-electron chi connectivity index (χ1n) is 8.93. The van der Waals surface area contributed by atoms with Crippen LogP contribution in [0.15, 0.2) is 12.1 Å². The number of hydrogen-bond acceptors (Lipinski definition) is 4. The van der Waals surface area contributed by atoms with Crippen molar-refractivity contribution in [2.75, 3.05) is 6.61 Å². The van der Waals surface area contributed by atoms with Crippen LogP contribution in [0.3, 0.4) is 0 Å². The lowest BCUT2D eigenvalue weighted by molar-refractivity contribution is -0.144. The first-order chi connectivity index (χ1) is 12.2. The number of esters is 1. The van der Waals surface area contributed by atoms with Gasteiger partial charge in [0.25, 0.3) is 5.91 Å². The number of carbonyl (C=O) groups excluding carboxylic acids is 2. The SMILES string of the molecule is Cc1cc(/C=C/C(=O)OCC(=O)N[C@@](C)(C#N)C(C)C)c(C)n1C1CC1. The Hall–Kier alpha value is -2.55. The van der Waals surface area contributed by atoms with Crippen LogP contribution in [0, 0.1) is 31.1 Å². The molecular formula is C20H27N3O3. The van der Waals surface area contributed by atoms with Gasteiger partial charge in [-0.3, -0.25) is 4.79 Å². The fourth-order valence-electron chi connectivity index (χ4n) is 2.84. The number of carbonyl (C=O) groups is 2. The summed E-state index contributed by atoms with van der Waals surface area (Å²) >= 11 is 0. The lowest BCUT2D eigenvalue weighted by Gasteiger charge is -2.27. The first-order valence-corrected chi connectivity index (χ1v) is 8.93. The van der Waals surface area contributed by atoms with Crippen molar-refractivity contribution in [2.24, 2.45) is 5.92 Å². The third kappa shape index (κ3) is 4.54. The normalized spacial score (nSPS) is 16.3. The molecule has 1 aliphatic carbocycles. The highest BCUT2D eigenvalue weighted by Gasteiger charge is 2.30. The van der Waals surface area contributed by atoms with Gasteiger partial charge in [0.2, 0.25) is 0 Å². The molecule has 1 aliphatic rings. The second-order valence-corrected chi connectivity index (χ2v) is 7.39. The van der Waals surface area contributed by atoms with Crippen LogP contribution in [0.25, 0.3) is 6.08 Å². The predicted octanol–water partition coefficient (Wildman–Crippen LogP) is 3.05. The lowest BCUT2D eigenvalue weighted by atomic mass is 9.90. The zero-order valence-corrected chi connectivity index (χ0v) is 16.1. The molecule has 6 nitrogen and oxygen atoms in total. The summed E-state index contributed by atoms with van der Waals surface area (Å²) in [5, 5.41) is 11.8. The van der Waals surface area contributed by atoms with Gasteiger partial charge in [-0.1, -0.05) is 13.8 Å². The van der Waals surface area contributed by atoms with E-state index in [9.17, 15) is 14.9 Å². The number of aryl methyl sites for hydroxylation is 1. The van der Waals surface area contributed by atoms with Gasteiger partial charge < -0.3 is 14.6 Å². The van der Waals surface area contributed by atoms with Crippen LogP contribution in [-0.2, 0) is 14.3 Å². The molecule has 0 aromatic carbocycles. The van der Waals surface area contributed by atoms with Crippen molar-refractivity contribution in [1.82, 2.24) is 9.88 Å². The molecule has 0 saturated heterocycles. The van der Waals surface area contributed by atoms with E-state index in [-0.39, 0.29) is 5.92 Å². The summed E-state index contributed by atoms with van der Waals surface area (Å²) in [6, 6.07) is 4.72. The van der Waals surface area contributed by atoms with E-state index in [4.69, 9.17) is 4.74 Å². The number of hydrogen-bond donors (Lipinski definition) is 1. The standard InChI is InChI=1S/C20H27N3O3/c1-13(2)20(5,12-21)22-18(24)11-26-19(25)9-6-16-10-14(3)23(15(16)4)17-7-8-17/h6,9-10,13,17H,7-8,11H2,1-5H3,(H,22,24)/b9-6+/t20-/m0/s1. The molecule has 0 radical (unpaired) electrons. The molecule has 1 amide bonds. The largest absolute Gasteiger partial charge is 0.452 e. The predicted molar refractivity (Wildman–Crippen MR) is 99.2 cm³/mol. The Balaban J connectivity index is 1.89. The summed E-state index contributed by atoms with van der Waals surface area (Å²) in [6.07, 6.45) is 5.45. The average molecular weight is 357 g/mol. The van der Waals surface area contributed by atoms with E-state index in [1.165, 1.54) is 24.6 Å². The molecule has 0 bridgehead atoms. The maximum absolute atomic E-state index is 11.9. The van der Waals surface area contributed by atoms with Crippen LogP contribution in [0.5, 0.6) is 0 Å². The first kappa shape index (κ1) is 19.8. The van der Waals surface area contributed by atoms with Crippen molar-refractivity contribution in [2.45, 2.75) is 59.0 Å². The van der Waals surface area contributed by atoms with Crippen molar-refractivity contribution < 1.29 is 14.3 Å². The minimum Gasteiger partial charge on any atom is -0.452 e. The van der Waals surface area contributed by atoms with Gasteiger partial charge in [0.1, 0.15) is 5.54 Å². The Bertz CT molecular complexity index is 766. The van der Waals surface area contributed by atoms with Gasteiger partial charge in [0.05, 0.1) is 6.07 Å². The molecule has 1 saturated carbocycles. The van der Waals surface area contributed by atoms with Crippen molar-refractivity contribution in [3.63, 3.8) is 0 Å². The molecule has 2 rings (SSSR count). The Morgan fingerprint density at radius 2 is 2.12 bits per heavy atom. The van der Waals surface area contributed by atoms with Gasteiger partial charge in [-0.25, -0.2) is 4.79 Å². The number of nitrogens with one attached hydrogen (secondary N) is 1. The van der Waals surface area contributed by atoms with Gasteiger partial charge in [0.15, 0.2) is 6.61 Å². The zero-order chi connectivity index (χ0) is 19.5. The van der Waals surface area contributed by atoms with E-state index < -0.39 is 24.0 Å². The summed E-state index contributed by atoms with van der Waals surface area (Å²) in [4.78, 5) is 23.8. The molecule has 0 aliphatic heterocycles. The van der Waals surface area contributed by atoms with Crippen molar-refractivity contribution in [1.29, 1.82) is 5.26 Å². The van der Waals surface area contributed by atoms with Crippen molar-refractivity contribution in [3.05, 3.63) is 29.1 Å². The van der Waals surface area contributed by atoms with E-state index in [1.807, 2.05) is 26.8 Å². The fraction of sp³-hybridized carbons (Fsp3) is 0.550. The molecule has 140 valence electrons. The van der Waals surface area contributed by atoms with Gasteiger partial charge >= 0.3 is 5.97 Å². The number of ether oxygens (including phenoxy) is 1. The molecule has 6 heteroatoms. The van der Waals surface area contributed by atoms with Gasteiger partial charge in [-0.15, -0.1) is 0 Å². The summed E-state index contributed by atoms with van der Waals surface area (Å²) in [7, 11) is 0. The van der Waals surface area contributed by atoms with Gasteiger partial charge in [-0.2, -0.15) is 5.26 Å². The molecule has 1 aromatic heterocycles. The minimum absolute atomic E-state index is 0.0613. The van der Waals surface area contributed by atoms with Crippen LogP contribution in [0.2, 0.25) is 0 Å². The third-order valence-corrected chi connectivity index (χ3v) is 4.97. The van der Waals surface area contributed by atoms with Crippen LogP contribution in [0.1, 0.15) is 56.6 Å². The Morgan fingerprint density at radius 3 is 2.65 bits per heavy atom.